The molecule has 0 aromatic rings. The van der Waals surface area contributed by atoms with Crippen LogP contribution in [-0.2, 0) is 9.59 Å². The van der Waals surface area contributed by atoms with Crippen molar-refractivity contribution in [1.82, 2.24) is 10.2 Å². The summed E-state index contributed by atoms with van der Waals surface area (Å²) in [7, 11) is 0. The Kier molecular flexibility index (Phi) is 6.23. The van der Waals surface area contributed by atoms with Gasteiger partial charge in [-0.05, 0) is 58.2 Å². The number of hydrogen-bond acceptors (Lipinski definition) is 3. The van der Waals surface area contributed by atoms with Crippen molar-refractivity contribution in [3.63, 3.8) is 0 Å². The summed E-state index contributed by atoms with van der Waals surface area (Å²) in [5.41, 5.74) is 0. The van der Waals surface area contributed by atoms with E-state index < -0.39 is 17.8 Å². The summed E-state index contributed by atoms with van der Waals surface area (Å²) in [4.78, 5) is 25.8. The molecule has 5 nitrogen and oxygen atoms in total. The van der Waals surface area contributed by atoms with E-state index in [1.165, 1.54) is 25.9 Å². The lowest BCUT2D eigenvalue weighted by Gasteiger charge is -2.24. The Bertz CT molecular complexity index is 389. The molecule has 118 valence electrons. The van der Waals surface area contributed by atoms with E-state index in [1.807, 2.05) is 12.2 Å². The van der Waals surface area contributed by atoms with Crippen LogP contribution in [0.4, 0.5) is 0 Å². The normalized spacial score (nSPS) is 25.9. The first kappa shape index (κ1) is 16.0. The van der Waals surface area contributed by atoms with E-state index in [1.54, 1.807) is 0 Å². The number of allylic oxidation sites excluding steroid dienone is 2. The van der Waals surface area contributed by atoms with Gasteiger partial charge >= 0.3 is 5.97 Å². The molecule has 1 amide bonds. The summed E-state index contributed by atoms with van der Waals surface area (Å²) < 4.78 is 0. The number of carbonyl (C=O) groups is 2. The molecule has 1 aliphatic heterocycles. The highest BCUT2D eigenvalue weighted by Crippen LogP contribution is 2.25. The molecule has 21 heavy (non-hydrogen) atoms. The van der Waals surface area contributed by atoms with Crippen molar-refractivity contribution in [1.29, 1.82) is 0 Å². The molecular weight excluding hydrogens is 268 g/mol. The van der Waals surface area contributed by atoms with Crippen molar-refractivity contribution in [3.05, 3.63) is 12.2 Å². The molecule has 1 aliphatic carbocycles. The van der Waals surface area contributed by atoms with Gasteiger partial charge in [-0.1, -0.05) is 12.2 Å². The molecule has 0 aromatic carbocycles. The molecule has 1 saturated heterocycles. The fraction of sp³-hybridized carbons (Fsp3) is 0.750. The number of amides is 1. The molecular formula is C16H26N2O3. The van der Waals surface area contributed by atoms with Gasteiger partial charge in [0.15, 0.2) is 0 Å². The third-order valence-electron chi connectivity index (χ3n) is 4.49. The van der Waals surface area contributed by atoms with E-state index in [-0.39, 0.29) is 5.91 Å². The van der Waals surface area contributed by atoms with Gasteiger partial charge in [0, 0.05) is 6.54 Å². The van der Waals surface area contributed by atoms with Crippen LogP contribution in [-0.4, -0.2) is 48.1 Å². The zero-order chi connectivity index (χ0) is 15.1. The number of carboxylic acid groups (broad SMARTS) is 1. The maximum Gasteiger partial charge on any atom is 0.307 e. The van der Waals surface area contributed by atoms with Gasteiger partial charge in [-0.2, -0.15) is 0 Å². The summed E-state index contributed by atoms with van der Waals surface area (Å²) in [5.74, 6) is -1.95. The van der Waals surface area contributed by atoms with Crippen LogP contribution in [0.1, 0.15) is 38.5 Å². The summed E-state index contributed by atoms with van der Waals surface area (Å²) in [6, 6.07) is 0. The van der Waals surface area contributed by atoms with Crippen LogP contribution >= 0.6 is 0 Å². The van der Waals surface area contributed by atoms with Crippen molar-refractivity contribution >= 4 is 11.9 Å². The minimum atomic E-state index is -0.867. The lowest BCUT2D eigenvalue weighted by atomic mass is 9.82. The molecule has 2 rings (SSSR count). The number of hydrogen-bond donors (Lipinski definition) is 2. The molecule has 2 N–H and O–H groups in total. The first-order valence-electron chi connectivity index (χ1n) is 8.06. The second kappa shape index (κ2) is 8.17. The number of likely N-dealkylation sites (tertiary alicyclic amines) is 1. The van der Waals surface area contributed by atoms with Crippen LogP contribution in [0.15, 0.2) is 12.2 Å². The highest BCUT2D eigenvalue weighted by molar-refractivity contribution is 5.85. The summed E-state index contributed by atoms with van der Waals surface area (Å²) >= 11 is 0. The Labute approximate surface area is 126 Å². The van der Waals surface area contributed by atoms with E-state index in [2.05, 4.69) is 10.2 Å². The molecule has 2 aliphatic rings. The van der Waals surface area contributed by atoms with E-state index >= 15 is 0 Å². The average Bonchev–Trinajstić information content (AvgIpc) is 3.00. The van der Waals surface area contributed by atoms with Gasteiger partial charge in [-0.15, -0.1) is 0 Å². The number of carboxylic acids is 1. The number of carbonyl (C=O) groups excluding carboxylic acids is 1. The molecule has 2 unspecified atom stereocenters. The minimum Gasteiger partial charge on any atom is -0.481 e. The van der Waals surface area contributed by atoms with Crippen LogP contribution in [0.3, 0.4) is 0 Å². The minimum absolute atomic E-state index is 0.104. The highest BCUT2D eigenvalue weighted by atomic mass is 16.4. The predicted octanol–water partition coefficient (Wildman–Crippen LogP) is 1.65. The monoisotopic (exact) mass is 294 g/mol. The topological polar surface area (TPSA) is 69.6 Å². The zero-order valence-electron chi connectivity index (χ0n) is 12.6. The summed E-state index contributed by atoms with van der Waals surface area (Å²) in [6.07, 6.45) is 9.44. The summed E-state index contributed by atoms with van der Waals surface area (Å²) in [6.45, 7) is 4.18. The van der Waals surface area contributed by atoms with Gasteiger partial charge in [-0.3, -0.25) is 9.59 Å². The van der Waals surface area contributed by atoms with Crippen molar-refractivity contribution in [2.24, 2.45) is 11.8 Å². The maximum atomic E-state index is 12.1. The van der Waals surface area contributed by atoms with E-state index in [0.717, 1.165) is 19.4 Å². The number of aliphatic carboxylic acids is 1. The molecule has 1 heterocycles. The summed E-state index contributed by atoms with van der Waals surface area (Å²) in [5, 5.41) is 12.1. The Balaban J connectivity index is 1.64. The third kappa shape index (κ3) is 4.84. The van der Waals surface area contributed by atoms with Gasteiger partial charge in [0.25, 0.3) is 0 Å². The van der Waals surface area contributed by atoms with Crippen LogP contribution in [0, 0.1) is 11.8 Å². The number of nitrogens with zero attached hydrogens (tertiary/aromatic N) is 1. The van der Waals surface area contributed by atoms with Crippen LogP contribution in [0.25, 0.3) is 0 Å². The largest absolute Gasteiger partial charge is 0.481 e. The van der Waals surface area contributed by atoms with Gasteiger partial charge < -0.3 is 15.3 Å². The first-order chi connectivity index (χ1) is 10.2. The number of nitrogens with one attached hydrogen (secondary N) is 1. The van der Waals surface area contributed by atoms with E-state index in [0.29, 0.717) is 19.4 Å². The fourth-order valence-corrected chi connectivity index (χ4v) is 3.19. The Morgan fingerprint density at radius 2 is 1.76 bits per heavy atom. The number of unbranched alkanes of at least 4 members (excludes halogenated alkanes) is 1. The smallest absolute Gasteiger partial charge is 0.307 e. The van der Waals surface area contributed by atoms with E-state index in [4.69, 9.17) is 5.11 Å². The van der Waals surface area contributed by atoms with Crippen molar-refractivity contribution in [2.75, 3.05) is 26.2 Å². The molecule has 0 saturated carbocycles. The highest BCUT2D eigenvalue weighted by Gasteiger charge is 2.33. The maximum absolute atomic E-state index is 12.1. The Morgan fingerprint density at radius 3 is 2.43 bits per heavy atom. The van der Waals surface area contributed by atoms with Crippen molar-refractivity contribution in [2.45, 2.75) is 38.5 Å². The average molecular weight is 294 g/mol. The molecule has 1 fully saturated rings. The molecule has 0 spiro atoms. The van der Waals surface area contributed by atoms with Gasteiger partial charge in [-0.25, -0.2) is 0 Å². The molecule has 5 heteroatoms. The van der Waals surface area contributed by atoms with Crippen LogP contribution in [0.5, 0.6) is 0 Å². The lowest BCUT2D eigenvalue weighted by Crippen LogP contribution is -2.39. The van der Waals surface area contributed by atoms with Crippen LogP contribution in [0.2, 0.25) is 0 Å². The third-order valence-corrected chi connectivity index (χ3v) is 4.49. The predicted molar refractivity (Wildman–Crippen MR) is 80.9 cm³/mol. The second-order valence-electron chi connectivity index (χ2n) is 6.04. The van der Waals surface area contributed by atoms with Gasteiger partial charge in [0.2, 0.25) is 5.91 Å². The Morgan fingerprint density at radius 1 is 1.10 bits per heavy atom. The first-order valence-corrected chi connectivity index (χ1v) is 8.06. The van der Waals surface area contributed by atoms with Gasteiger partial charge in [0.05, 0.1) is 11.8 Å². The molecule has 2 atom stereocenters. The fourth-order valence-electron chi connectivity index (χ4n) is 3.19. The van der Waals surface area contributed by atoms with Crippen molar-refractivity contribution < 1.29 is 14.7 Å². The van der Waals surface area contributed by atoms with Crippen LogP contribution < -0.4 is 5.32 Å². The standard InChI is InChI=1S/C16H26N2O3/c19-15(13-7-1-2-8-14(13)16(20)21)17-9-3-4-10-18-11-5-6-12-18/h1-2,13-14H,3-12H2,(H,17,19)(H,20,21). The SMILES string of the molecule is O=C(O)C1CC=CCC1C(=O)NCCCCN1CCCC1. The van der Waals surface area contributed by atoms with Gasteiger partial charge in [0.1, 0.15) is 0 Å². The second-order valence-corrected chi connectivity index (χ2v) is 6.04. The molecule has 0 aromatic heterocycles. The van der Waals surface area contributed by atoms with Crippen molar-refractivity contribution in [3.8, 4) is 0 Å². The quantitative estimate of drug-likeness (QED) is 0.553. The Hall–Kier alpha value is -1.36. The number of rotatable bonds is 7. The molecule has 0 bridgehead atoms. The molecule has 0 radical (unpaired) electrons. The zero-order valence-corrected chi connectivity index (χ0v) is 12.6. The lowest BCUT2D eigenvalue weighted by molar-refractivity contribution is -0.147. The van der Waals surface area contributed by atoms with E-state index in [9.17, 15) is 9.59 Å².